The third kappa shape index (κ3) is 4.15. The van der Waals surface area contributed by atoms with Crippen LogP contribution in [-0.4, -0.2) is 16.4 Å². The summed E-state index contributed by atoms with van der Waals surface area (Å²) in [6, 6.07) is 4.07. The zero-order valence-corrected chi connectivity index (χ0v) is 12.4. The summed E-state index contributed by atoms with van der Waals surface area (Å²) in [5.41, 5.74) is 5.65. The number of nitrogens with two attached hydrogens (primary N) is 1. The van der Waals surface area contributed by atoms with Gasteiger partial charge in [-0.2, -0.15) is 0 Å². The Balaban J connectivity index is 2.09. The number of carbonyl (C=O) groups excluding carboxylic acids is 1. The first-order valence-corrected chi connectivity index (χ1v) is 7.30. The molecule has 1 aromatic carbocycles. The molecular weight excluding hydrogens is 294 g/mol. The molecule has 1 saturated carbocycles. The summed E-state index contributed by atoms with van der Waals surface area (Å²) in [6.45, 7) is 0. The van der Waals surface area contributed by atoms with Crippen molar-refractivity contribution in [1.29, 1.82) is 0 Å². The van der Waals surface area contributed by atoms with Crippen molar-refractivity contribution in [1.82, 2.24) is 0 Å². The zero-order valence-electron chi connectivity index (χ0n) is 11.6. The standard InChI is InChI=1S/C14H18ClN3O3/c15-10-4-5-12(18(20)21)11(8-10)17-13(19)9-14(16)6-2-1-3-7-14/h4-5,8H,1-3,6-7,9,16H2,(H,17,19). The lowest BCUT2D eigenvalue weighted by Gasteiger charge is -2.32. The molecule has 0 heterocycles. The SMILES string of the molecule is NC1(CC(=O)Nc2cc(Cl)ccc2[N+](=O)[O-])CCCCC1. The fourth-order valence-corrected chi connectivity index (χ4v) is 2.89. The van der Waals surface area contributed by atoms with E-state index in [0.717, 1.165) is 32.1 Å². The van der Waals surface area contributed by atoms with Crippen molar-refractivity contribution in [2.75, 3.05) is 5.32 Å². The van der Waals surface area contributed by atoms with Crippen LogP contribution < -0.4 is 11.1 Å². The highest BCUT2D eigenvalue weighted by Gasteiger charge is 2.30. The Morgan fingerprint density at radius 1 is 1.38 bits per heavy atom. The van der Waals surface area contributed by atoms with E-state index < -0.39 is 10.5 Å². The van der Waals surface area contributed by atoms with Crippen LogP contribution in [0.3, 0.4) is 0 Å². The van der Waals surface area contributed by atoms with Crippen LogP contribution >= 0.6 is 11.6 Å². The van der Waals surface area contributed by atoms with Crippen LogP contribution in [0.5, 0.6) is 0 Å². The van der Waals surface area contributed by atoms with Crippen LogP contribution in [0, 0.1) is 10.1 Å². The monoisotopic (exact) mass is 311 g/mol. The minimum Gasteiger partial charge on any atom is -0.325 e. The Labute approximate surface area is 127 Å². The van der Waals surface area contributed by atoms with Gasteiger partial charge in [0.05, 0.1) is 4.92 Å². The van der Waals surface area contributed by atoms with Gasteiger partial charge in [-0.15, -0.1) is 0 Å². The van der Waals surface area contributed by atoms with Crippen molar-refractivity contribution >= 4 is 28.9 Å². The molecule has 0 saturated heterocycles. The average Bonchev–Trinajstić information content (AvgIpc) is 2.38. The molecule has 1 aliphatic carbocycles. The van der Waals surface area contributed by atoms with E-state index >= 15 is 0 Å². The second-order valence-corrected chi connectivity index (χ2v) is 6.00. The fraction of sp³-hybridized carbons (Fsp3) is 0.500. The van der Waals surface area contributed by atoms with Gasteiger partial charge in [-0.1, -0.05) is 30.9 Å². The Kier molecular flexibility index (Phi) is 4.80. The summed E-state index contributed by atoms with van der Waals surface area (Å²) in [5, 5.41) is 13.8. The molecule has 1 aromatic rings. The van der Waals surface area contributed by atoms with Gasteiger partial charge in [-0.25, -0.2) is 0 Å². The number of nitrogens with zero attached hydrogens (tertiary/aromatic N) is 1. The second kappa shape index (κ2) is 6.41. The number of nitro benzene ring substituents is 1. The molecule has 21 heavy (non-hydrogen) atoms. The third-order valence-corrected chi connectivity index (χ3v) is 4.03. The molecule has 1 fully saturated rings. The number of amides is 1. The molecule has 1 amide bonds. The van der Waals surface area contributed by atoms with Crippen LogP contribution in [0.2, 0.25) is 5.02 Å². The van der Waals surface area contributed by atoms with Crippen molar-refractivity contribution in [3.63, 3.8) is 0 Å². The fourth-order valence-electron chi connectivity index (χ4n) is 2.71. The quantitative estimate of drug-likeness (QED) is 0.658. The third-order valence-electron chi connectivity index (χ3n) is 3.79. The predicted octanol–water partition coefficient (Wildman–Crippen LogP) is 3.24. The molecule has 6 nitrogen and oxygen atoms in total. The van der Waals surface area contributed by atoms with Crippen molar-refractivity contribution < 1.29 is 9.72 Å². The van der Waals surface area contributed by atoms with Crippen LogP contribution in [-0.2, 0) is 4.79 Å². The average molecular weight is 312 g/mol. The van der Waals surface area contributed by atoms with E-state index in [1.54, 1.807) is 0 Å². The molecule has 0 aromatic heterocycles. The van der Waals surface area contributed by atoms with Crippen LogP contribution in [0.1, 0.15) is 38.5 Å². The lowest BCUT2D eigenvalue weighted by molar-refractivity contribution is -0.383. The van der Waals surface area contributed by atoms with Crippen molar-refractivity contribution in [2.45, 2.75) is 44.1 Å². The number of rotatable bonds is 4. The minimum absolute atomic E-state index is 0.108. The number of hydrogen-bond acceptors (Lipinski definition) is 4. The largest absolute Gasteiger partial charge is 0.325 e. The van der Waals surface area contributed by atoms with Crippen LogP contribution in [0.25, 0.3) is 0 Å². The Bertz CT molecular complexity index is 556. The highest BCUT2D eigenvalue weighted by Crippen LogP contribution is 2.31. The number of anilines is 1. The number of hydrogen-bond donors (Lipinski definition) is 2. The highest BCUT2D eigenvalue weighted by molar-refractivity contribution is 6.31. The number of nitrogens with one attached hydrogen (secondary N) is 1. The number of halogens is 1. The van der Waals surface area contributed by atoms with Crippen molar-refractivity contribution in [3.05, 3.63) is 33.3 Å². The summed E-state index contributed by atoms with van der Waals surface area (Å²) < 4.78 is 0. The molecule has 7 heteroatoms. The Morgan fingerprint density at radius 2 is 2.05 bits per heavy atom. The van der Waals surface area contributed by atoms with Gasteiger partial charge in [-0.05, 0) is 25.0 Å². The first-order valence-electron chi connectivity index (χ1n) is 6.92. The van der Waals surface area contributed by atoms with E-state index in [-0.39, 0.29) is 23.7 Å². The van der Waals surface area contributed by atoms with Gasteiger partial charge in [0, 0.05) is 23.0 Å². The van der Waals surface area contributed by atoms with E-state index in [1.165, 1.54) is 18.2 Å². The van der Waals surface area contributed by atoms with Gasteiger partial charge in [0.1, 0.15) is 5.69 Å². The molecule has 0 radical (unpaired) electrons. The first-order chi connectivity index (χ1) is 9.89. The number of benzene rings is 1. The van der Waals surface area contributed by atoms with E-state index in [4.69, 9.17) is 17.3 Å². The van der Waals surface area contributed by atoms with Gasteiger partial charge < -0.3 is 11.1 Å². The topological polar surface area (TPSA) is 98.3 Å². The lowest BCUT2D eigenvalue weighted by atomic mass is 9.80. The van der Waals surface area contributed by atoms with E-state index in [0.29, 0.717) is 5.02 Å². The van der Waals surface area contributed by atoms with Crippen molar-refractivity contribution in [3.8, 4) is 0 Å². The molecule has 0 atom stereocenters. The molecule has 0 unspecified atom stereocenters. The van der Waals surface area contributed by atoms with Gasteiger partial charge >= 0.3 is 0 Å². The molecule has 3 N–H and O–H groups in total. The second-order valence-electron chi connectivity index (χ2n) is 5.57. The highest BCUT2D eigenvalue weighted by atomic mass is 35.5. The zero-order chi connectivity index (χ0) is 15.5. The van der Waals surface area contributed by atoms with Crippen molar-refractivity contribution in [2.24, 2.45) is 5.73 Å². The molecule has 114 valence electrons. The molecular formula is C14H18ClN3O3. The maximum absolute atomic E-state index is 12.1. The summed E-state index contributed by atoms with van der Waals surface area (Å²) in [7, 11) is 0. The summed E-state index contributed by atoms with van der Waals surface area (Å²) in [6.07, 6.45) is 4.94. The van der Waals surface area contributed by atoms with Crippen LogP contribution in [0.4, 0.5) is 11.4 Å². The smallest absolute Gasteiger partial charge is 0.292 e. The minimum atomic E-state index is -0.551. The predicted molar refractivity (Wildman–Crippen MR) is 81.4 cm³/mol. The summed E-state index contributed by atoms with van der Waals surface area (Å²) in [4.78, 5) is 22.5. The lowest BCUT2D eigenvalue weighted by Crippen LogP contribution is -2.44. The van der Waals surface area contributed by atoms with Crippen LogP contribution in [0.15, 0.2) is 18.2 Å². The number of carbonyl (C=O) groups is 1. The van der Waals surface area contributed by atoms with Gasteiger partial charge in [-0.3, -0.25) is 14.9 Å². The Morgan fingerprint density at radius 3 is 2.67 bits per heavy atom. The van der Waals surface area contributed by atoms with E-state index in [2.05, 4.69) is 5.32 Å². The molecule has 1 aliphatic rings. The molecule has 2 rings (SSSR count). The van der Waals surface area contributed by atoms with E-state index in [9.17, 15) is 14.9 Å². The van der Waals surface area contributed by atoms with Gasteiger partial charge in [0.15, 0.2) is 0 Å². The summed E-state index contributed by atoms with van der Waals surface area (Å²) in [5.74, 6) is -0.315. The Hall–Kier alpha value is -1.66. The number of nitro groups is 1. The maximum Gasteiger partial charge on any atom is 0.292 e. The summed E-state index contributed by atoms with van der Waals surface area (Å²) >= 11 is 5.83. The maximum atomic E-state index is 12.1. The van der Waals surface area contributed by atoms with Gasteiger partial charge in [0.2, 0.25) is 5.91 Å². The van der Waals surface area contributed by atoms with Gasteiger partial charge in [0.25, 0.3) is 5.69 Å². The first kappa shape index (κ1) is 15.7. The van der Waals surface area contributed by atoms with E-state index in [1.807, 2.05) is 0 Å². The normalized spacial score (nSPS) is 17.2. The molecule has 0 spiro atoms. The molecule has 0 aliphatic heterocycles. The molecule has 0 bridgehead atoms.